The SMILES string of the molecule is CCCO[C@@H]1CCCC[C@H](N)C(=O)O[C@H]1C. The molecule has 4 nitrogen and oxygen atoms in total. The van der Waals surface area contributed by atoms with Crippen LogP contribution in [-0.2, 0) is 14.3 Å². The molecular weight excluding hydrogens is 206 g/mol. The van der Waals surface area contributed by atoms with Crippen LogP contribution in [-0.4, -0.2) is 30.8 Å². The lowest BCUT2D eigenvalue weighted by atomic mass is 10.1. The zero-order chi connectivity index (χ0) is 12.0. The summed E-state index contributed by atoms with van der Waals surface area (Å²) >= 11 is 0. The van der Waals surface area contributed by atoms with Gasteiger partial charge in [-0.3, -0.25) is 4.79 Å². The highest BCUT2D eigenvalue weighted by Crippen LogP contribution is 2.17. The van der Waals surface area contributed by atoms with Crippen molar-refractivity contribution >= 4 is 5.97 Å². The second-order valence-corrected chi connectivity index (χ2v) is 4.44. The van der Waals surface area contributed by atoms with Crippen LogP contribution in [0.1, 0.15) is 46.0 Å². The maximum absolute atomic E-state index is 11.5. The van der Waals surface area contributed by atoms with Gasteiger partial charge in [0, 0.05) is 6.61 Å². The Kier molecular flexibility index (Phi) is 5.77. The summed E-state index contributed by atoms with van der Waals surface area (Å²) in [6.07, 6.45) is 4.49. The Morgan fingerprint density at radius 1 is 1.44 bits per heavy atom. The van der Waals surface area contributed by atoms with E-state index in [1.807, 2.05) is 6.92 Å². The first kappa shape index (κ1) is 13.5. The number of esters is 1. The fourth-order valence-corrected chi connectivity index (χ4v) is 1.90. The summed E-state index contributed by atoms with van der Waals surface area (Å²) in [5, 5.41) is 0. The number of cyclic esters (lactones) is 1. The zero-order valence-corrected chi connectivity index (χ0v) is 10.3. The summed E-state index contributed by atoms with van der Waals surface area (Å²) in [7, 11) is 0. The molecule has 0 bridgehead atoms. The smallest absolute Gasteiger partial charge is 0.323 e. The molecule has 1 fully saturated rings. The minimum Gasteiger partial charge on any atom is -0.459 e. The van der Waals surface area contributed by atoms with E-state index < -0.39 is 6.04 Å². The molecule has 1 saturated heterocycles. The molecule has 0 amide bonds. The van der Waals surface area contributed by atoms with Crippen LogP contribution in [0.25, 0.3) is 0 Å². The van der Waals surface area contributed by atoms with Crippen molar-refractivity contribution in [1.82, 2.24) is 0 Å². The molecule has 0 radical (unpaired) electrons. The average molecular weight is 229 g/mol. The lowest BCUT2D eigenvalue weighted by Crippen LogP contribution is -2.37. The van der Waals surface area contributed by atoms with Crippen LogP contribution in [0.15, 0.2) is 0 Å². The molecule has 4 heteroatoms. The van der Waals surface area contributed by atoms with Gasteiger partial charge in [-0.15, -0.1) is 0 Å². The van der Waals surface area contributed by atoms with Gasteiger partial charge >= 0.3 is 5.97 Å². The van der Waals surface area contributed by atoms with Crippen molar-refractivity contribution in [2.45, 2.75) is 64.2 Å². The molecule has 1 rings (SSSR count). The van der Waals surface area contributed by atoms with E-state index in [1.165, 1.54) is 0 Å². The molecule has 16 heavy (non-hydrogen) atoms. The third kappa shape index (κ3) is 4.10. The van der Waals surface area contributed by atoms with Gasteiger partial charge in [0.1, 0.15) is 12.1 Å². The Morgan fingerprint density at radius 2 is 2.12 bits per heavy atom. The Labute approximate surface area is 97.5 Å². The third-order valence-electron chi connectivity index (χ3n) is 2.92. The van der Waals surface area contributed by atoms with Crippen LogP contribution in [0.3, 0.4) is 0 Å². The standard InChI is InChI=1S/C12H23NO3/c1-3-8-15-11-7-5-4-6-10(13)12(14)16-9(11)2/h9-11H,3-8,13H2,1-2H3/t9-,10-,11+/m0/s1. The molecule has 2 N–H and O–H groups in total. The van der Waals surface area contributed by atoms with Gasteiger partial charge in [-0.25, -0.2) is 0 Å². The highest BCUT2D eigenvalue weighted by molar-refractivity contribution is 5.75. The van der Waals surface area contributed by atoms with Crippen molar-refractivity contribution in [3.8, 4) is 0 Å². The predicted octanol–water partition coefficient (Wildman–Crippen LogP) is 1.61. The number of ether oxygens (including phenoxy) is 2. The predicted molar refractivity (Wildman–Crippen MR) is 62.0 cm³/mol. The highest BCUT2D eigenvalue weighted by atomic mass is 16.6. The first-order chi connectivity index (χ1) is 7.65. The largest absolute Gasteiger partial charge is 0.459 e. The molecule has 0 aliphatic carbocycles. The summed E-state index contributed by atoms with van der Waals surface area (Å²) < 4.78 is 11.0. The third-order valence-corrected chi connectivity index (χ3v) is 2.92. The number of hydrogen-bond acceptors (Lipinski definition) is 4. The summed E-state index contributed by atoms with van der Waals surface area (Å²) in [5.74, 6) is -0.292. The number of carbonyl (C=O) groups is 1. The van der Waals surface area contributed by atoms with Gasteiger partial charge in [0.15, 0.2) is 0 Å². The molecule has 1 aliphatic rings. The van der Waals surface area contributed by atoms with Gasteiger partial charge in [-0.05, 0) is 26.2 Å². The van der Waals surface area contributed by atoms with E-state index in [0.29, 0.717) is 6.42 Å². The molecule has 1 aliphatic heterocycles. The highest BCUT2D eigenvalue weighted by Gasteiger charge is 2.26. The minimum atomic E-state index is -0.465. The van der Waals surface area contributed by atoms with Crippen LogP contribution < -0.4 is 5.73 Å². The van der Waals surface area contributed by atoms with Crippen molar-refractivity contribution in [3.05, 3.63) is 0 Å². The van der Waals surface area contributed by atoms with Crippen LogP contribution in [0.2, 0.25) is 0 Å². The van der Waals surface area contributed by atoms with Crippen molar-refractivity contribution < 1.29 is 14.3 Å². The normalized spacial score (nSPS) is 32.4. The van der Waals surface area contributed by atoms with Gasteiger partial charge in [0.05, 0.1) is 6.10 Å². The van der Waals surface area contributed by atoms with Gasteiger partial charge in [0.25, 0.3) is 0 Å². The molecule has 1 heterocycles. The fraction of sp³-hybridized carbons (Fsp3) is 0.917. The molecule has 0 unspecified atom stereocenters. The first-order valence-corrected chi connectivity index (χ1v) is 6.22. The van der Waals surface area contributed by atoms with Gasteiger partial charge in [-0.2, -0.15) is 0 Å². The van der Waals surface area contributed by atoms with E-state index in [0.717, 1.165) is 32.3 Å². The monoisotopic (exact) mass is 229 g/mol. The molecular formula is C12H23NO3. The van der Waals surface area contributed by atoms with Crippen LogP contribution in [0, 0.1) is 0 Å². The Bertz CT molecular complexity index is 220. The first-order valence-electron chi connectivity index (χ1n) is 6.22. The van der Waals surface area contributed by atoms with Gasteiger partial charge in [0.2, 0.25) is 0 Å². The molecule has 0 aromatic carbocycles. The van der Waals surface area contributed by atoms with Crippen LogP contribution in [0.5, 0.6) is 0 Å². The zero-order valence-electron chi connectivity index (χ0n) is 10.3. The van der Waals surface area contributed by atoms with Crippen LogP contribution in [0.4, 0.5) is 0 Å². The van der Waals surface area contributed by atoms with Crippen molar-refractivity contribution in [2.24, 2.45) is 5.73 Å². The molecule has 0 aromatic rings. The molecule has 0 aromatic heterocycles. The second-order valence-electron chi connectivity index (χ2n) is 4.44. The second kappa shape index (κ2) is 6.86. The Hall–Kier alpha value is -0.610. The quantitative estimate of drug-likeness (QED) is 0.747. The van der Waals surface area contributed by atoms with Crippen LogP contribution >= 0.6 is 0 Å². The average Bonchev–Trinajstić information content (AvgIpc) is 2.31. The van der Waals surface area contributed by atoms with Gasteiger partial charge in [-0.1, -0.05) is 19.8 Å². The lowest BCUT2D eigenvalue weighted by Gasteiger charge is -2.23. The lowest BCUT2D eigenvalue weighted by molar-refractivity contribution is -0.157. The maximum Gasteiger partial charge on any atom is 0.323 e. The number of hydrogen-bond donors (Lipinski definition) is 1. The Morgan fingerprint density at radius 3 is 2.81 bits per heavy atom. The summed E-state index contributed by atoms with van der Waals surface area (Å²) in [4.78, 5) is 11.5. The van der Waals surface area contributed by atoms with E-state index >= 15 is 0 Å². The van der Waals surface area contributed by atoms with Crippen molar-refractivity contribution in [1.29, 1.82) is 0 Å². The van der Waals surface area contributed by atoms with E-state index in [4.69, 9.17) is 15.2 Å². The summed E-state index contributed by atoms with van der Waals surface area (Å²) in [6, 6.07) is -0.465. The topological polar surface area (TPSA) is 61.5 Å². The fourth-order valence-electron chi connectivity index (χ4n) is 1.90. The molecule has 0 saturated carbocycles. The van der Waals surface area contributed by atoms with Gasteiger partial charge < -0.3 is 15.2 Å². The van der Waals surface area contributed by atoms with E-state index in [-0.39, 0.29) is 18.2 Å². The van der Waals surface area contributed by atoms with E-state index in [9.17, 15) is 4.79 Å². The number of carbonyl (C=O) groups excluding carboxylic acids is 1. The summed E-state index contributed by atoms with van der Waals surface area (Å²) in [6.45, 7) is 4.68. The molecule has 3 atom stereocenters. The number of nitrogens with two attached hydrogens (primary N) is 1. The molecule has 94 valence electrons. The summed E-state index contributed by atoms with van der Waals surface area (Å²) in [5.41, 5.74) is 5.71. The van der Waals surface area contributed by atoms with E-state index in [1.54, 1.807) is 0 Å². The van der Waals surface area contributed by atoms with Crippen molar-refractivity contribution in [2.75, 3.05) is 6.61 Å². The number of rotatable bonds is 3. The van der Waals surface area contributed by atoms with E-state index in [2.05, 4.69) is 6.92 Å². The minimum absolute atomic E-state index is 0.0224. The maximum atomic E-state index is 11.5. The van der Waals surface area contributed by atoms with Crippen molar-refractivity contribution in [3.63, 3.8) is 0 Å². The molecule has 0 spiro atoms. The Balaban J connectivity index is 2.53.